The van der Waals surface area contributed by atoms with E-state index >= 15 is 0 Å². The molecule has 1 aromatic heterocycles. The highest BCUT2D eigenvalue weighted by molar-refractivity contribution is 6.33. The van der Waals surface area contributed by atoms with Crippen molar-refractivity contribution in [3.63, 3.8) is 0 Å². The summed E-state index contributed by atoms with van der Waals surface area (Å²) in [6.45, 7) is 0.125. The molecule has 0 unspecified atom stereocenters. The lowest BCUT2D eigenvalue weighted by Gasteiger charge is -2.07. The van der Waals surface area contributed by atoms with Crippen LogP contribution in [0.5, 0.6) is 5.75 Å². The second kappa shape index (κ2) is 7.59. The summed E-state index contributed by atoms with van der Waals surface area (Å²) >= 11 is 12.3. The molecule has 0 atom stereocenters. The Morgan fingerprint density at radius 3 is 2.57 bits per heavy atom. The Kier molecular flexibility index (Phi) is 5.09. The molecule has 3 aromatic carbocycles. The van der Waals surface area contributed by atoms with Crippen LogP contribution >= 0.6 is 23.2 Å². The van der Waals surface area contributed by atoms with Gasteiger partial charge in [0.15, 0.2) is 0 Å². The van der Waals surface area contributed by atoms with Crippen LogP contribution in [-0.2, 0) is 6.54 Å². The number of hydrogen-bond acceptors (Lipinski definition) is 3. The van der Waals surface area contributed by atoms with Gasteiger partial charge in [0.25, 0.3) is 0 Å². The van der Waals surface area contributed by atoms with Crippen LogP contribution in [0, 0.1) is 11.6 Å². The van der Waals surface area contributed by atoms with Gasteiger partial charge in [0.1, 0.15) is 28.6 Å². The number of phenols is 1. The Bertz CT molecular complexity index is 1320. The molecule has 0 aliphatic heterocycles. The summed E-state index contributed by atoms with van der Waals surface area (Å²) < 4.78 is 30.8. The molecule has 1 heterocycles. The number of benzene rings is 3. The predicted molar refractivity (Wildman–Crippen MR) is 109 cm³/mol. The van der Waals surface area contributed by atoms with Crippen molar-refractivity contribution in [3.8, 4) is 17.0 Å². The van der Waals surface area contributed by atoms with Crippen LogP contribution in [0.15, 0.2) is 48.5 Å². The van der Waals surface area contributed by atoms with Crippen molar-refractivity contribution in [1.29, 1.82) is 0 Å². The van der Waals surface area contributed by atoms with E-state index in [0.29, 0.717) is 27.2 Å². The summed E-state index contributed by atoms with van der Waals surface area (Å²) in [6, 6.07) is 10.8. The molecule has 4 rings (SSSR count). The van der Waals surface area contributed by atoms with E-state index in [1.165, 1.54) is 16.8 Å². The molecule has 0 spiro atoms. The highest BCUT2D eigenvalue weighted by Gasteiger charge is 2.22. The zero-order chi connectivity index (χ0) is 21.6. The molecule has 0 bridgehead atoms. The minimum Gasteiger partial charge on any atom is -0.507 e. The Morgan fingerprint density at radius 2 is 1.83 bits per heavy atom. The normalized spacial score (nSPS) is 11.2. The Labute approximate surface area is 178 Å². The van der Waals surface area contributed by atoms with E-state index in [4.69, 9.17) is 28.3 Å². The molecule has 0 saturated carbocycles. The van der Waals surface area contributed by atoms with Gasteiger partial charge in [-0.1, -0.05) is 29.3 Å². The first-order valence-electron chi connectivity index (χ1n) is 8.61. The number of aromatic nitrogens is 2. The van der Waals surface area contributed by atoms with E-state index in [2.05, 4.69) is 5.10 Å². The van der Waals surface area contributed by atoms with Crippen LogP contribution in [0.1, 0.15) is 15.9 Å². The third-order valence-electron chi connectivity index (χ3n) is 4.63. The minimum atomic E-state index is -1.49. The van der Waals surface area contributed by atoms with Gasteiger partial charge in [-0.15, -0.1) is 0 Å². The lowest BCUT2D eigenvalue weighted by Crippen LogP contribution is -2.03. The molecule has 0 aliphatic rings. The predicted octanol–water partition coefficient (Wildman–Crippen LogP) is 5.74. The van der Waals surface area contributed by atoms with Crippen molar-refractivity contribution in [2.45, 2.75) is 6.54 Å². The van der Waals surface area contributed by atoms with Gasteiger partial charge in [0, 0.05) is 15.6 Å². The van der Waals surface area contributed by atoms with Crippen LogP contribution in [0.3, 0.4) is 0 Å². The zero-order valence-corrected chi connectivity index (χ0v) is 16.5. The average Bonchev–Trinajstić information content (AvgIpc) is 3.05. The fourth-order valence-electron chi connectivity index (χ4n) is 3.24. The third-order valence-corrected chi connectivity index (χ3v) is 5.23. The SMILES string of the molecule is O=C(O)c1cc(F)c(-c2nn(Cc3cc(Cl)ccc3Cl)c3cccc(F)c23)cc1O. The lowest BCUT2D eigenvalue weighted by atomic mass is 10.0. The summed E-state index contributed by atoms with van der Waals surface area (Å²) in [5.41, 5.74) is 0.0665. The molecule has 0 aliphatic carbocycles. The summed E-state index contributed by atoms with van der Waals surface area (Å²) in [5.74, 6) is -3.75. The maximum atomic E-state index is 14.7. The monoisotopic (exact) mass is 448 g/mol. The quantitative estimate of drug-likeness (QED) is 0.417. The first-order chi connectivity index (χ1) is 14.3. The largest absolute Gasteiger partial charge is 0.507 e. The van der Waals surface area contributed by atoms with Crippen LogP contribution in [0.2, 0.25) is 10.0 Å². The van der Waals surface area contributed by atoms with Crippen LogP contribution in [0.4, 0.5) is 8.78 Å². The fraction of sp³-hybridized carbons (Fsp3) is 0.0476. The van der Waals surface area contributed by atoms with Crippen molar-refractivity contribution in [3.05, 3.63) is 81.3 Å². The van der Waals surface area contributed by atoms with Crippen LogP contribution in [-0.4, -0.2) is 26.0 Å². The van der Waals surface area contributed by atoms with E-state index in [1.807, 2.05) is 0 Å². The van der Waals surface area contributed by atoms with Gasteiger partial charge in [-0.25, -0.2) is 13.6 Å². The van der Waals surface area contributed by atoms with Crippen molar-refractivity contribution in [2.24, 2.45) is 0 Å². The standard InChI is InChI=1S/C21H12Cl2F2N2O3/c22-11-4-5-14(23)10(6-11)9-27-17-3-1-2-15(24)19(17)20(26-27)12-8-18(28)13(21(29)30)7-16(12)25/h1-8,28H,9H2,(H,29,30). The van der Waals surface area contributed by atoms with Crippen LogP contribution in [0.25, 0.3) is 22.2 Å². The molecule has 0 saturated heterocycles. The highest BCUT2D eigenvalue weighted by Crippen LogP contribution is 2.35. The number of aromatic hydroxyl groups is 1. The second-order valence-electron chi connectivity index (χ2n) is 6.53. The lowest BCUT2D eigenvalue weighted by molar-refractivity contribution is 0.0693. The number of carboxylic acid groups (broad SMARTS) is 1. The van der Waals surface area contributed by atoms with Crippen molar-refractivity contribution < 1.29 is 23.8 Å². The smallest absolute Gasteiger partial charge is 0.339 e. The Hall–Kier alpha value is -3.16. The number of rotatable bonds is 4. The van der Waals surface area contributed by atoms with Gasteiger partial charge in [-0.05, 0) is 48.0 Å². The molecule has 0 radical (unpaired) electrons. The number of hydrogen-bond donors (Lipinski definition) is 2. The van der Waals surface area contributed by atoms with Crippen molar-refractivity contribution in [1.82, 2.24) is 9.78 Å². The van der Waals surface area contributed by atoms with E-state index in [-0.39, 0.29) is 23.2 Å². The van der Waals surface area contributed by atoms with Gasteiger partial charge < -0.3 is 10.2 Å². The van der Waals surface area contributed by atoms with Crippen LogP contribution < -0.4 is 0 Å². The Morgan fingerprint density at radius 1 is 1.07 bits per heavy atom. The first kappa shape index (κ1) is 20.1. The summed E-state index contributed by atoms with van der Waals surface area (Å²) in [6.07, 6.45) is 0. The number of halogens is 4. The molecule has 152 valence electrons. The van der Waals surface area contributed by atoms with Gasteiger partial charge in [-0.2, -0.15) is 5.10 Å². The summed E-state index contributed by atoms with van der Waals surface area (Å²) in [5, 5.41) is 24.3. The number of carboxylic acids is 1. The van der Waals surface area contributed by atoms with Gasteiger partial charge >= 0.3 is 5.97 Å². The molecule has 2 N–H and O–H groups in total. The molecule has 4 aromatic rings. The van der Waals surface area contributed by atoms with E-state index < -0.39 is 28.9 Å². The maximum absolute atomic E-state index is 14.7. The average molecular weight is 449 g/mol. The number of nitrogens with zero attached hydrogens (tertiary/aromatic N) is 2. The number of aromatic carboxylic acids is 1. The van der Waals surface area contributed by atoms with Gasteiger partial charge in [-0.3, -0.25) is 4.68 Å². The summed E-state index contributed by atoms with van der Waals surface area (Å²) in [4.78, 5) is 11.1. The first-order valence-corrected chi connectivity index (χ1v) is 9.37. The fourth-order valence-corrected chi connectivity index (χ4v) is 3.61. The minimum absolute atomic E-state index is 0.0250. The molecule has 0 amide bonds. The molecular weight excluding hydrogens is 437 g/mol. The zero-order valence-electron chi connectivity index (χ0n) is 15.0. The maximum Gasteiger partial charge on any atom is 0.339 e. The molecule has 5 nitrogen and oxygen atoms in total. The number of fused-ring (bicyclic) bond motifs is 1. The molecule has 30 heavy (non-hydrogen) atoms. The van der Waals surface area contributed by atoms with E-state index in [9.17, 15) is 18.7 Å². The molecule has 0 fully saturated rings. The second-order valence-corrected chi connectivity index (χ2v) is 7.37. The number of carbonyl (C=O) groups is 1. The van der Waals surface area contributed by atoms with Crippen molar-refractivity contribution in [2.75, 3.05) is 0 Å². The van der Waals surface area contributed by atoms with Crippen molar-refractivity contribution >= 4 is 40.1 Å². The van der Waals surface area contributed by atoms with Gasteiger partial charge in [0.2, 0.25) is 0 Å². The Balaban J connectivity index is 1.93. The molecular formula is C21H12Cl2F2N2O3. The van der Waals surface area contributed by atoms with E-state index in [0.717, 1.165) is 6.07 Å². The van der Waals surface area contributed by atoms with Gasteiger partial charge in [0.05, 0.1) is 17.4 Å². The van der Waals surface area contributed by atoms with E-state index in [1.54, 1.807) is 24.3 Å². The topological polar surface area (TPSA) is 75.3 Å². The summed E-state index contributed by atoms with van der Waals surface area (Å²) in [7, 11) is 0. The third kappa shape index (κ3) is 3.46. The molecule has 9 heteroatoms. The highest BCUT2D eigenvalue weighted by atomic mass is 35.5.